The second-order valence-corrected chi connectivity index (χ2v) is 3.67. The Morgan fingerprint density at radius 2 is 1.71 bits per heavy atom. The molecule has 14 heavy (non-hydrogen) atoms. The highest BCUT2D eigenvalue weighted by Crippen LogP contribution is 2.16. The molecule has 1 N–H and O–H groups in total. The summed E-state index contributed by atoms with van der Waals surface area (Å²) in [5, 5.41) is 8.73. The Morgan fingerprint density at radius 1 is 1.21 bits per heavy atom. The number of rotatable bonds is 6. The highest BCUT2D eigenvalue weighted by atomic mass is 16.5. The lowest BCUT2D eigenvalue weighted by molar-refractivity contribution is -0.146. The van der Waals surface area contributed by atoms with Gasteiger partial charge in [0.2, 0.25) is 0 Å². The van der Waals surface area contributed by atoms with Crippen molar-refractivity contribution in [2.75, 3.05) is 13.7 Å². The standard InChI is InChI=1S/C10H18O4/c1-6(5-14-4)9(11)7(2)8(3)10(12)13/h6-8H,5H2,1-4H3,(H,12,13). The molecule has 0 saturated carbocycles. The number of carboxylic acids is 1. The molecule has 0 aliphatic carbocycles. The second-order valence-electron chi connectivity index (χ2n) is 3.67. The summed E-state index contributed by atoms with van der Waals surface area (Å²) in [6.07, 6.45) is 0. The molecule has 82 valence electrons. The van der Waals surface area contributed by atoms with E-state index in [4.69, 9.17) is 9.84 Å². The molecule has 0 fully saturated rings. The molecule has 0 spiro atoms. The maximum absolute atomic E-state index is 11.6. The predicted molar refractivity (Wildman–Crippen MR) is 52.0 cm³/mol. The number of carbonyl (C=O) groups is 2. The Balaban J connectivity index is 4.30. The Hall–Kier alpha value is -0.900. The van der Waals surface area contributed by atoms with Gasteiger partial charge in [-0.2, -0.15) is 0 Å². The maximum atomic E-state index is 11.6. The zero-order valence-corrected chi connectivity index (χ0v) is 9.11. The van der Waals surface area contributed by atoms with E-state index in [1.165, 1.54) is 7.11 Å². The number of Topliss-reactive ketones (excluding diaryl/α,β-unsaturated/α-hetero) is 1. The van der Waals surface area contributed by atoms with E-state index >= 15 is 0 Å². The van der Waals surface area contributed by atoms with Gasteiger partial charge in [-0.1, -0.05) is 20.8 Å². The lowest BCUT2D eigenvalue weighted by Gasteiger charge is -2.18. The number of ether oxygens (including phenoxy) is 1. The van der Waals surface area contributed by atoms with Crippen molar-refractivity contribution in [1.82, 2.24) is 0 Å². The van der Waals surface area contributed by atoms with Crippen molar-refractivity contribution < 1.29 is 19.4 Å². The van der Waals surface area contributed by atoms with Gasteiger partial charge in [-0.15, -0.1) is 0 Å². The molecule has 3 atom stereocenters. The summed E-state index contributed by atoms with van der Waals surface area (Å²) in [4.78, 5) is 22.3. The van der Waals surface area contributed by atoms with Crippen LogP contribution < -0.4 is 0 Å². The van der Waals surface area contributed by atoms with Gasteiger partial charge in [0.15, 0.2) is 0 Å². The minimum absolute atomic E-state index is 0.0539. The molecule has 4 heteroatoms. The van der Waals surface area contributed by atoms with Crippen LogP contribution >= 0.6 is 0 Å². The SMILES string of the molecule is COCC(C)C(=O)C(C)C(C)C(=O)O. The summed E-state index contributed by atoms with van der Waals surface area (Å²) in [6, 6.07) is 0. The number of carbonyl (C=O) groups excluding carboxylic acids is 1. The molecular weight excluding hydrogens is 184 g/mol. The smallest absolute Gasteiger partial charge is 0.306 e. The first kappa shape index (κ1) is 13.1. The first-order valence-corrected chi connectivity index (χ1v) is 4.67. The van der Waals surface area contributed by atoms with E-state index in [0.29, 0.717) is 6.61 Å². The largest absolute Gasteiger partial charge is 0.481 e. The Bertz CT molecular complexity index is 212. The predicted octanol–water partition coefficient (Wildman–Crippen LogP) is 1.19. The molecule has 0 radical (unpaired) electrons. The van der Waals surface area contributed by atoms with Crippen molar-refractivity contribution in [3.05, 3.63) is 0 Å². The first-order valence-electron chi connectivity index (χ1n) is 4.67. The average Bonchev–Trinajstić information content (AvgIpc) is 2.14. The Morgan fingerprint density at radius 3 is 2.07 bits per heavy atom. The summed E-state index contributed by atoms with van der Waals surface area (Å²) in [7, 11) is 1.52. The number of hydrogen-bond acceptors (Lipinski definition) is 3. The van der Waals surface area contributed by atoms with Gasteiger partial charge in [-0.25, -0.2) is 0 Å². The minimum Gasteiger partial charge on any atom is -0.481 e. The minimum atomic E-state index is -0.935. The van der Waals surface area contributed by atoms with Crippen molar-refractivity contribution in [3.8, 4) is 0 Å². The fraction of sp³-hybridized carbons (Fsp3) is 0.800. The molecule has 0 bridgehead atoms. The van der Waals surface area contributed by atoms with Crippen LogP contribution in [0.4, 0.5) is 0 Å². The van der Waals surface area contributed by atoms with E-state index in [-0.39, 0.29) is 11.7 Å². The Labute approximate surface area is 84.3 Å². The van der Waals surface area contributed by atoms with Crippen LogP contribution in [0.15, 0.2) is 0 Å². The van der Waals surface area contributed by atoms with Gasteiger partial charge in [0.25, 0.3) is 0 Å². The molecule has 4 nitrogen and oxygen atoms in total. The maximum Gasteiger partial charge on any atom is 0.306 e. The monoisotopic (exact) mass is 202 g/mol. The van der Waals surface area contributed by atoms with E-state index in [0.717, 1.165) is 0 Å². The molecule has 0 aromatic rings. The van der Waals surface area contributed by atoms with Gasteiger partial charge < -0.3 is 9.84 Å². The van der Waals surface area contributed by atoms with Crippen molar-refractivity contribution in [2.24, 2.45) is 17.8 Å². The highest BCUT2D eigenvalue weighted by Gasteiger charge is 2.28. The zero-order chi connectivity index (χ0) is 11.3. The van der Waals surface area contributed by atoms with Crippen molar-refractivity contribution in [3.63, 3.8) is 0 Å². The number of aliphatic carboxylic acids is 1. The van der Waals surface area contributed by atoms with Crippen LogP contribution in [-0.4, -0.2) is 30.6 Å². The van der Waals surface area contributed by atoms with Crippen LogP contribution in [0, 0.1) is 17.8 Å². The van der Waals surface area contributed by atoms with Gasteiger partial charge in [0.05, 0.1) is 12.5 Å². The van der Waals surface area contributed by atoms with Crippen LogP contribution in [0.25, 0.3) is 0 Å². The van der Waals surface area contributed by atoms with E-state index in [9.17, 15) is 9.59 Å². The molecule has 0 aliphatic heterocycles. The molecule has 3 unspecified atom stereocenters. The Kier molecular flexibility index (Phi) is 5.38. The topological polar surface area (TPSA) is 63.6 Å². The number of carboxylic acid groups (broad SMARTS) is 1. The third-order valence-corrected chi connectivity index (χ3v) is 2.49. The molecule has 0 aromatic carbocycles. The summed E-state index contributed by atoms with van der Waals surface area (Å²) in [5.41, 5.74) is 0. The summed E-state index contributed by atoms with van der Waals surface area (Å²) < 4.78 is 4.85. The molecule has 0 aliphatic rings. The lowest BCUT2D eigenvalue weighted by Crippen LogP contribution is -2.30. The van der Waals surface area contributed by atoms with Crippen LogP contribution in [0.5, 0.6) is 0 Å². The van der Waals surface area contributed by atoms with Crippen molar-refractivity contribution in [1.29, 1.82) is 0 Å². The third-order valence-electron chi connectivity index (χ3n) is 2.49. The molecule has 0 rings (SSSR count). The van der Waals surface area contributed by atoms with Gasteiger partial charge in [0, 0.05) is 18.9 Å². The van der Waals surface area contributed by atoms with Crippen LogP contribution in [0.2, 0.25) is 0 Å². The molecule has 0 heterocycles. The third kappa shape index (κ3) is 3.46. The molecule has 0 amide bonds. The van der Waals surface area contributed by atoms with Crippen molar-refractivity contribution >= 4 is 11.8 Å². The van der Waals surface area contributed by atoms with E-state index in [2.05, 4.69) is 0 Å². The van der Waals surface area contributed by atoms with E-state index < -0.39 is 17.8 Å². The van der Waals surface area contributed by atoms with Crippen LogP contribution in [0.3, 0.4) is 0 Å². The molecule has 0 saturated heterocycles. The fourth-order valence-corrected chi connectivity index (χ4v) is 1.24. The van der Waals surface area contributed by atoms with Crippen LogP contribution in [-0.2, 0) is 14.3 Å². The summed E-state index contributed by atoms with van der Waals surface area (Å²) in [5.74, 6) is -2.33. The second kappa shape index (κ2) is 5.75. The molecular formula is C10H18O4. The average molecular weight is 202 g/mol. The normalized spacial score (nSPS) is 17.1. The van der Waals surface area contributed by atoms with E-state index in [1.54, 1.807) is 20.8 Å². The lowest BCUT2D eigenvalue weighted by atomic mass is 9.86. The van der Waals surface area contributed by atoms with Crippen molar-refractivity contribution in [2.45, 2.75) is 20.8 Å². The highest BCUT2D eigenvalue weighted by molar-refractivity contribution is 5.87. The number of methoxy groups -OCH3 is 1. The van der Waals surface area contributed by atoms with Gasteiger partial charge in [0.1, 0.15) is 5.78 Å². The zero-order valence-electron chi connectivity index (χ0n) is 9.11. The summed E-state index contributed by atoms with van der Waals surface area (Å²) in [6.45, 7) is 5.28. The number of ketones is 1. The van der Waals surface area contributed by atoms with Gasteiger partial charge in [-0.3, -0.25) is 9.59 Å². The first-order chi connectivity index (χ1) is 6.41. The van der Waals surface area contributed by atoms with E-state index in [1.807, 2.05) is 0 Å². The van der Waals surface area contributed by atoms with Gasteiger partial charge >= 0.3 is 5.97 Å². The van der Waals surface area contributed by atoms with Crippen LogP contribution in [0.1, 0.15) is 20.8 Å². The fourth-order valence-electron chi connectivity index (χ4n) is 1.24. The number of hydrogen-bond donors (Lipinski definition) is 1. The quantitative estimate of drug-likeness (QED) is 0.702. The molecule has 0 aromatic heterocycles. The summed E-state index contributed by atoms with van der Waals surface area (Å²) >= 11 is 0. The van der Waals surface area contributed by atoms with Gasteiger partial charge in [-0.05, 0) is 0 Å².